The van der Waals surface area contributed by atoms with E-state index in [1.807, 2.05) is 6.07 Å². The Labute approximate surface area is 218 Å². The molecule has 0 saturated carbocycles. The lowest BCUT2D eigenvalue weighted by Gasteiger charge is -2.38. The molecule has 1 unspecified atom stereocenters. The van der Waals surface area contributed by atoms with Crippen LogP contribution in [0.4, 0.5) is 20.7 Å². The van der Waals surface area contributed by atoms with Gasteiger partial charge in [-0.05, 0) is 67.6 Å². The Hall–Kier alpha value is -4.31. The fraction of sp³-hybridized carbons (Fsp3) is 0.286. The third-order valence-corrected chi connectivity index (χ3v) is 7.36. The zero-order chi connectivity index (χ0) is 27.0. The topological polar surface area (TPSA) is 126 Å². The highest BCUT2D eigenvalue weighted by molar-refractivity contribution is 5.81. The number of rotatable bonds is 5. The number of fused-ring (bicyclic) bond motifs is 1. The zero-order valence-electron chi connectivity index (χ0n) is 21.2. The van der Waals surface area contributed by atoms with Gasteiger partial charge in [0.05, 0.1) is 16.9 Å². The molecule has 196 valence electrons. The minimum absolute atomic E-state index is 0.0865. The standard InChI is InChI=1S/C28H29FN6O3/c1-28(38,19-9-12-35(13-10-19)27(30)37)24-8-6-18-16-31-25(15-23(18)32-24)33-22-7-5-17(14-21(22)29)20-4-3-11-34(2)26(20)36/h3-8,11,14-16,19,38H,9-10,12-13H2,1-2H3,(H2,30,37)(H,31,33). The first-order valence-electron chi connectivity index (χ1n) is 12.4. The molecule has 38 heavy (non-hydrogen) atoms. The second-order valence-corrected chi connectivity index (χ2v) is 9.86. The van der Waals surface area contributed by atoms with E-state index in [1.165, 1.54) is 10.6 Å². The molecule has 0 radical (unpaired) electrons. The number of nitrogens with one attached hydrogen (secondary N) is 1. The summed E-state index contributed by atoms with van der Waals surface area (Å²) in [5.74, 6) is -0.224. The van der Waals surface area contributed by atoms with Crippen molar-refractivity contribution in [1.29, 1.82) is 0 Å². The van der Waals surface area contributed by atoms with Gasteiger partial charge in [0.1, 0.15) is 17.2 Å². The molecule has 0 spiro atoms. The second kappa shape index (κ2) is 9.86. The summed E-state index contributed by atoms with van der Waals surface area (Å²) < 4.78 is 16.4. The van der Waals surface area contributed by atoms with Gasteiger partial charge in [-0.1, -0.05) is 6.07 Å². The lowest BCUT2D eigenvalue weighted by molar-refractivity contribution is -0.0315. The molecule has 1 fully saturated rings. The van der Waals surface area contributed by atoms with Crippen LogP contribution in [0.1, 0.15) is 25.5 Å². The Morgan fingerprint density at radius 1 is 1.18 bits per heavy atom. The molecule has 2 amide bonds. The first-order valence-corrected chi connectivity index (χ1v) is 12.4. The van der Waals surface area contributed by atoms with Gasteiger partial charge in [-0.2, -0.15) is 0 Å². The SMILES string of the molecule is Cn1cccc(-c2ccc(Nc3cc4nc(C(C)(O)C5CCN(C(N)=O)CC5)ccc4cn3)c(F)c2)c1=O. The number of carbonyl (C=O) groups is 1. The third-order valence-electron chi connectivity index (χ3n) is 7.36. The number of benzene rings is 1. The Balaban J connectivity index is 1.38. The van der Waals surface area contributed by atoms with Gasteiger partial charge in [0.15, 0.2) is 0 Å². The van der Waals surface area contributed by atoms with Gasteiger partial charge < -0.3 is 25.6 Å². The summed E-state index contributed by atoms with van der Waals surface area (Å²) in [5.41, 5.74) is 6.18. The Morgan fingerprint density at radius 3 is 2.66 bits per heavy atom. The van der Waals surface area contributed by atoms with Crippen molar-refractivity contribution in [1.82, 2.24) is 19.4 Å². The highest BCUT2D eigenvalue weighted by Gasteiger charge is 2.37. The number of piperidine rings is 1. The lowest BCUT2D eigenvalue weighted by Crippen LogP contribution is -2.46. The molecule has 3 aromatic heterocycles. The lowest BCUT2D eigenvalue weighted by atomic mass is 9.79. The summed E-state index contributed by atoms with van der Waals surface area (Å²) in [7, 11) is 1.65. The maximum absolute atomic E-state index is 15.0. The van der Waals surface area contributed by atoms with Crippen molar-refractivity contribution >= 4 is 28.4 Å². The van der Waals surface area contributed by atoms with E-state index in [0.29, 0.717) is 54.1 Å². The van der Waals surface area contributed by atoms with Gasteiger partial charge in [0.2, 0.25) is 0 Å². The third kappa shape index (κ3) is 4.82. The molecule has 4 N–H and O–H groups in total. The molecule has 1 aliphatic rings. The van der Waals surface area contributed by atoms with Crippen LogP contribution >= 0.6 is 0 Å². The normalized spacial score (nSPS) is 15.8. The molecule has 1 aromatic carbocycles. The Bertz CT molecular complexity index is 1580. The number of carbonyl (C=O) groups excluding carboxylic acids is 1. The molecule has 5 rings (SSSR count). The molecular formula is C28H29FN6O3. The number of aryl methyl sites for hydroxylation is 1. The quantitative estimate of drug-likeness (QED) is 0.370. The van der Waals surface area contributed by atoms with Crippen molar-refractivity contribution in [2.24, 2.45) is 18.7 Å². The summed E-state index contributed by atoms with van der Waals surface area (Å²) in [6, 6.07) is 12.8. The number of hydrogen-bond donors (Lipinski definition) is 3. The largest absolute Gasteiger partial charge is 0.384 e. The van der Waals surface area contributed by atoms with E-state index in [9.17, 15) is 19.1 Å². The predicted molar refractivity (Wildman–Crippen MR) is 143 cm³/mol. The van der Waals surface area contributed by atoms with Gasteiger partial charge in [-0.15, -0.1) is 0 Å². The van der Waals surface area contributed by atoms with Crippen LogP contribution in [-0.2, 0) is 12.6 Å². The second-order valence-electron chi connectivity index (χ2n) is 9.86. The highest BCUT2D eigenvalue weighted by Crippen LogP contribution is 2.36. The fourth-order valence-corrected chi connectivity index (χ4v) is 4.98. The number of likely N-dealkylation sites (tertiary alicyclic amines) is 1. The molecule has 1 saturated heterocycles. The fourth-order valence-electron chi connectivity index (χ4n) is 4.98. The van der Waals surface area contributed by atoms with Crippen LogP contribution in [0.15, 0.2) is 65.7 Å². The van der Waals surface area contributed by atoms with E-state index in [0.717, 1.165) is 5.39 Å². The van der Waals surface area contributed by atoms with Crippen LogP contribution < -0.4 is 16.6 Å². The van der Waals surface area contributed by atoms with Crippen LogP contribution in [0, 0.1) is 11.7 Å². The number of aliphatic hydroxyl groups is 1. The van der Waals surface area contributed by atoms with Gasteiger partial charge in [-0.3, -0.25) is 4.79 Å². The average molecular weight is 517 g/mol. The van der Waals surface area contributed by atoms with Crippen LogP contribution in [-0.4, -0.2) is 43.7 Å². The van der Waals surface area contributed by atoms with E-state index in [2.05, 4.69) is 10.3 Å². The molecule has 0 aliphatic carbocycles. The van der Waals surface area contributed by atoms with E-state index in [1.54, 1.807) is 67.7 Å². The first kappa shape index (κ1) is 25.3. The number of pyridine rings is 3. The van der Waals surface area contributed by atoms with Crippen molar-refractivity contribution < 1.29 is 14.3 Å². The highest BCUT2D eigenvalue weighted by atomic mass is 19.1. The summed E-state index contributed by atoms with van der Waals surface area (Å²) >= 11 is 0. The molecule has 1 atom stereocenters. The summed E-state index contributed by atoms with van der Waals surface area (Å²) in [4.78, 5) is 34.5. The molecule has 9 nitrogen and oxygen atoms in total. The molecular weight excluding hydrogens is 487 g/mol. The van der Waals surface area contributed by atoms with Gasteiger partial charge in [-0.25, -0.2) is 19.2 Å². The van der Waals surface area contributed by atoms with Crippen molar-refractivity contribution in [3.8, 4) is 11.1 Å². The molecule has 10 heteroatoms. The number of urea groups is 1. The Morgan fingerprint density at radius 2 is 1.95 bits per heavy atom. The number of halogens is 1. The molecule has 0 bridgehead atoms. The summed E-state index contributed by atoms with van der Waals surface area (Å²) in [6.07, 6.45) is 4.51. The molecule has 4 heterocycles. The maximum Gasteiger partial charge on any atom is 0.314 e. The summed E-state index contributed by atoms with van der Waals surface area (Å²) in [5, 5.41) is 15.1. The minimum Gasteiger partial charge on any atom is -0.384 e. The number of nitrogens with zero attached hydrogens (tertiary/aromatic N) is 4. The van der Waals surface area contributed by atoms with E-state index >= 15 is 0 Å². The number of hydrogen-bond acceptors (Lipinski definition) is 6. The van der Waals surface area contributed by atoms with Crippen molar-refractivity contribution in [3.63, 3.8) is 0 Å². The van der Waals surface area contributed by atoms with Crippen LogP contribution in [0.25, 0.3) is 22.0 Å². The van der Waals surface area contributed by atoms with Crippen LogP contribution in [0.5, 0.6) is 0 Å². The van der Waals surface area contributed by atoms with Crippen LogP contribution in [0.2, 0.25) is 0 Å². The number of aromatic nitrogens is 3. The van der Waals surface area contributed by atoms with Gasteiger partial charge >= 0.3 is 6.03 Å². The monoisotopic (exact) mass is 516 g/mol. The van der Waals surface area contributed by atoms with E-state index in [-0.39, 0.29) is 17.2 Å². The minimum atomic E-state index is -1.20. The molecule has 4 aromatic rings. The van der Waals surface area contributed by atoms with Crippen molar-refractivity contribution in [2.75, 3.05) is 18.4 Å². The predicted octanol–water partition coefficient (Wildman–Crippen LogP) is 3.88. The van der Waals surface area contributed by atoms with Crippen molar-refractivity contribution in [2.45, 2.75) is 25.4 Å². The van der Waals surface area contributed by atoms with Gasteiger partial charge in [0.25, 0.3) is 5.56 Å². The van der Waals surface area contributed by atoms with E-state index < -0.39 is 17.4 Å². The number of anilines is 2. The van der Waals surface area contributed by atoms with Gasteiger partial charge in [0, 0.05) is 49.5 Å². The number of amides is 2. The number of nitrogens with two attached hydrogens (primary N) is 1. The average Bonchev–Trinajstić information content (AvgIpc) is 2.91. The first-order chi connectivity index (χ1) is 18.1. The van der Waals surface area contributed by atoms with Crippen LogP contribution in [0.3, 0.4) is 0 Å². The Kier molecular flexibility index (Phi) is 6.58. The molecule has 1 aliphatic heterocycles. The smallest absolute Gasteiger partial charge is 0.314 e. The summed E-state index contributed by atoms with van der Waals surface area (Å²) in [6.45, 7) is 2.72. The maximum atomic E-state index is 15.0. The van der Waals surface area contributed by atoms with E-state index in [4.69, 9.17) is 10.7 Å². The number of primary amides is 1. The zero-order valence-corrected chi connectivity index (χ0v) is 21.2. The van der Waals surface area contributed by atoms with Crippen molar-refractivity contribution in [3.05, 3.63) is 82.8 Å².